The average Bonchev–Trinajstić information content (AvgIpc) is 3.26. The number of fused-ring (bicyclic) bond motifs is 1. The number of ether oxygens (including phenoxy) is 1. The molecule has 0 aliphatic carbocycles. The van der Waals surface area contributed by atoms with Crippen LogP contribution in [0.4, 0.5) is 15.8 Å². The molecule has 0 aliphatic heterocycles. The maximum absolute atomic E-state index is 14.1. The fraction of sp³-hybridized carbons (Fsp3) is 0.179. The van der Waals surface area contributed by atoms with Gasteiger partial charge >= 0.3 is 11.8 Å². The Balaban J connectivity index is 1.49. The first-order valence-corrected chi connectivity index (χ1v) is 12.9. The Morgan fingerprint density at radius 3 is 2.42 bits per heavy atom. The summed E-state index contributed by atoms with van der Waals surface area (Å²) in [4.78, 5) is 38.5. The molecule has 4 aromatic rings. The lowest BCUT2D eigenvalue weighted by molar-refractivity contribution is -0.133. The van der Waals surface area contributed by atoms with Gasteiger partial charge in [0.15, 0.2) is 0 Å². The summed E-state index contributed by atoms with van der Waals surface area (Å²) in [6.07, 6.45) is 3.15. The number of hydrogen-bond acceptors (Lipinski definition) is 4. The summed E-state index contributed by atoms with van der Waals surface area (Å²) in [5.41, 5.74) is 3.34. The van der Waals surface area contributed by atoms with E-state index in [1.165, 1.54) is 28.9 Å². The number of benzene rings is 3. The molecule has 0 bridgehead atoms. The number of aromatic nitrogens is 1. The van der Waals surface area contributed by atoms with Crippen LogP contribution in [0.15, 0.2) is 77.3 Å². The van der Waals surface area contributed by atoms with E-state index in [-0.39, 0.29) is 11.4 Å². The SMILES string of the molecule is CCCCCOc1ccc(NC(=O)C(=O)Nn2c(C(=O)Nc3ccccc3F)cc3cc(Br)ccc32)cc1. The van der Waals surface area contributed by atoms with Crippen LogP contribution in [0.25, 0.3) is 10.9 Å². The second-order valence-electron chi connectivity index (χ2n) is 8.48. The first kappa shape index (κ1) is 26.9. The van der Waals surface area contributed by atoms with Gasteiger partial charge in [0.25, 0.3) is 5.91 Å². The van der Waals surface area contributed by atoms with E-state index < -0.39 is 23.5 Å². The second-order valence-corrected chi connectivity index (χ2v) is 9.39. The molecule has 0 atom stereocenters. The summed E-state index contributed by atoms with van der Waals surface area (Å²) in [7, 11) is 0. The van der Waals surface area contributed by atoms with Crippen molar-refractivity contribution in [1.82, 2.24) is 4.68 Å². The molecule has 0 saturated carbocycles. The minimum absolute atomic E-state index is 0.00655. The molecule has 3 aromatic carbocycles. The molecule has 0 aliphatic rings. The van der Waals surface area contributed by atoms with Crippen molar-refractivity contribution in [2.45, 2.75) is 26.2 Å². The molecule has 0 radical (unpaired) electrons. The van der Waals surface area contributed by atoms with Gasteiger partial charge in [-0.1, -0.05) is 47.8 Å². The van der Waals surface area contributed by atoms with E-state index in [9.17, 15) is 18.8 Å². The van der Waals surface area contributed by atoms with Crippen molar-refractivity contribution in [3.05, 3.63) is 88.8 Å². The van der Waals surface area contributed by atoms with Gasteiger partial charge in [-0.2, -0.15) is 0 Å². The van der Waals surface area contributed by atoms with E-state index in [0.717, 1.165) is 23.7 Å². The van der Waals surface area contributed by atoms with Crippen LogP contribution in [-0.2, 0) is 9.59 Å². The van der Waals surface area contributed by atoms with E-state index >= 15 is 0 Å². The average molecular weight is 581 g/mol. The Morgan fingerprint density at radius 2 is 1.68 bits per heavy atom. The van der Waals surface area contributed by atoms with E-state index in [1.54, 1.807) is 48.5 Å². The van der Waals surface area contributed by atoms with Crippen molar-refractivity contribution in [2.75, 3.05) is 22.7 Å². The molecular weight excluding hydrogens is 555 g/mol. The highest BCUT2D eigenvalue weighted by Crippen LogP contribution is 2.24. The summed E-state index contributed by atoms with van der Waals surface area (Å²) in [5, 5.41) is 5.65. The van der Waals surface area contributed by atoms with Gasteiger partial charge in [-0.05, 0) is 67.1 Å². The molecular formula is C28H26BrFN4O4. The van der Waals surface area contributed by atoms with Crippen molar-refractivity contribution in [1.29, 1.82) is 0 Å². The third kappa shape index (κ3) is 6.57. The second kappa shape index (κ2) is 12.4. The number of rotatable bonds is 9. The van der Waals surface area contributed by atoms with Crippen LogP contribution in [0, 0.1) is 5.82 Å². The summed E-state index contributed by atoms with van der Waals surface area (Å²) in [6, 6.07) is 19.1. The molecule has 0 unspecified atom stereocenters. The number of carbonyl (C=O) groups excluding carboxylic acids is 3. The number of hydrogen-bond donors (Lipinski definition) is 3. The number of amides is 3. The molecule has 0 saturated heterocycles. The maximum Gasteiger partial charge on any atom is 0.328 e. The van der Waals surface area contributed by atoms with E-state index in [4.69, 9.17) is 4.74 Å². The fourth-order valence-electron chi connectivity index (χ4n) is 3.74. The third-order valence-corrected chi connectivity index (χ3v) is 6.16. The van der Waals surface area contributed by atoms with Gasteiger partial charge in [0, 0.05) is 15.5 Å². The summed E-state index contributed by atoms with van der Waals surface area (Å²) >= 11 is 3.38. The highest BCUT2D eigenvalue weighted by molar-refractivity contribution is 9.10. The quantitative estimate of drug-likeness (QED) is 0.165. The number of carbonyl (C=O) groups is 3. The zero-order valence-corrected chi connectivity index (χ0v) is 22.2. The molecule has 0 spiro atoms. The smallest absolute Gasteiger partial charge is 0.328 e. The molecule has 3 amide bonds. The third-order valence-electron chi connectivity index (χ3n) is 5.67. The maximum atomic E-state index is 14.1. The number of nitrogens with one attached hydrogen (secondary N) is 3. The molecule has 8 nitrogen and oxygen atoms in total. The molecule has 1 heterocycles. The van der Waals surface area contributed by atoms with Crippen LogP contribution in [-0.4, -0.2) is 29.0 Å². The van der Waals surface area contributed by atoms with Crippen molar-refractivity contribution in [2.24, 2.45) is 0 Å². The lowest BCUT2D eigenvalue weighted by Gasteiger charge is -2.13. The zero-order valence-electron chi connectivity index (χ0n) is 20.6. The van der Waals surface area contributed by atoms with E-state index in [0.29, 0.717) is 28.9 Å². The molecule has 196 valence electrons. The van der Waals surface area contributed by atoms with Crippen LogP contribution >= 0.6 is 15.9 Å². The largest absolute Gasteiger partial charge is 0.494 e. The molecule has 10 heteroatoms. The van der Waals surface area contributed by atoms with E-state index in [1.807, 2.05) is 0 Å². The fourth-order valence-corrected chi connectivity index (χ4v) is 4.12. The lowest BCUT2D eigenvalue weighted by Crippen LogP contribution is -2.36. The predicted molar refractivity (Wildman–Crippen MR) is 148 cm³/mol. The van der Waals surface area contributed by atoms with Gasteiger partial charge in [-0.15, -0.1) is 0 Å². The first-order valence-electron chi connectivity index (χ1n) is 12.1. The standard InChI is InChI=1S/C28H26BrFN4O4/c1-2-3-6-15-38-21-12-10-20(11-13-21)31-27(36)28(37)33-34-24-14-9-19(29)16-18(24)17-25(34)26(35)32-23-8-5-4-7-22(23)30/h4-5,7-14,16-17H,2-3,6,15H2,1H3,(H,31,36)(H,32,35)(H,33,37). The van der Waals surface area contributed by atoms with Crippen molar-refractivity contribution in [3.63, 3.8) is 0 Å². The molecule has 1 aromatic heterocycles. The predicted octanol–water partition coefficient (Wildman–Crippen LogP) is 6.07. The number of nitrogens with zero attached hydrogens (tertiary/aromatic N) is 1. The highest BCUT2D eigenvalue weighted by Gasteiger charge is 2.22. The van der Waals surface area contributed by atoms with Crippen LogP contribution in [0.3, 0.4) is 0 Å². The van der Waals surface area contributed by atoms with Crippen LogP contribution in [0.5, 0.6) is 5.75 Å². The van der Waals surface area contributed by atoms with Gasteiger partial charge in [0.1, 0.15) is 17.3 Å². The van der Waals surface area contributed by atoms with Crippen molar-refractivity contribution in [3.8, 4) is 5.75 Å². The Hall–Kier alpha value is -4.18. The van der Waals surface area contributed by atoms with Crippen LogP contribution in [0.1, 0.15) is 36.7 Å². The van der Waals surface area contributed by atoms with Crippen LogP contribution < -0.4 is 20.8 Å². The Morgan fingerprint density at radius 1 is 0.921 bits per heavy atom. The Labute approximate surface area is 227 Å². The number of para-hydroxylation sites is 1. The monoisotopic (exact) mass is 580 g/mol. The molecule has 38 heavy (non-hydrogen) atoms. The lowest BCUT2D eigenvalue weighted by atomic mass is 10.2. The van der Waals surface area contributed by atoms with Gasteiger partial charge in [-0.25, -0.2) is 9.07 Å². The van der Waals surface area contributed by atoms with Crippen molar-refractivity contribution < 1.29 is 23.5 Å². The Kier molecular flexibility index (Phi) is 8.75. The van der Waals surface area contributed by atoms with Gasteiger partial charge in [0.05, 0.1) is 17.8 Å². The topological polar surface area (TPSA) is 101 Å². The molecule has 3 N–H and O–H groups in total. The Bertz CT molecular complexity index is 1470. The minimum atomic E-state index is -0.995. The van der Waals surface area contributed by atoms with Gasteiger partial charge < -0.3 is 15.4 Å². The summed E-state index contributed by atoms with van der Waals surface area (Å²) < 4.78 is 21.7. The van der Waals surface area contributed by atoms with Gasteiger partial charge in [0.2, 0.25) is 0 Å². The van der Waals surface area contributed by atoms with Crippen LogP contribution in [0.2, 0.25) is 0 Å². The van der Waals surface area contributed by atoms with E-state index in [2.05, 4.69) is 38.9 Å². The summed E-state index contributed by atoms with van der Waals surface area (Å²) in [5.74, 6) is -2.53. The minimum Gasteiger partial charge on any atom is -0.494 e. The summed E-state index contributed by atoms with van der Waals surface area (Å²) in [6.45, 7) is 2.73. The molecule has 0 fully saturated rings. The molecule has 4 rings (SSSR count). The first-order chi connectivity index (χ1) is 18.4. The normalized spacial score (nSPS) is 10.7. The number of unbranched alkanes of at least 4 members (excludes halogenated alkanes) is 2. The number of halogens is 2. The van der Waals surface area contributed by atoms with Gasteiger partial charge in [-0.3, -0.25) is 19.8 Å². The zero-order chi connectivity index (χ0) is 27.1. The number of anilines is 2. The van der Waals surface area contributed by atoms with Crippen molar-refractivity contribution >= 4 is 55.9 Å². The highest BCUT2D eigenvalue weighted by atomic mass is 79.9.